The van der Waals surface area contributed by atoms with Gasteiger partial charge in [-0.05, 0) is 82.4 Å². The van der Waals surface area contributed by atoms with E-state index in [2.05, 4.69) is 99.6 Å². The monoisotopic (exact) mass is 480 g/mol. The van der Waals surface area contributed by atoms with Gasteiger partial charge in [0.15, 0.2) is 0 Å². The summed E-state index contributed by atoms with van der Waals surface area (Å²) in [6.07, 6.45) is 0.954. The fourth-order valence-corrected chi connectivity index (χ4v) is 4.73. The predicted molar refractivity (Wildman–Crippen MR) is 135 cm³/mol. The molecule has 0 spiro atoms. The number of likely N-dealkylation sites (N-methyl/N-ethyl adjacent to an activating group) is 4. The van der Waals surface area contributed by atoms with Gasteiger partial charge in [-0.3, -0.25) is 29.4 Å². The lowest BCUT2D eigenvalue weighted by molar-refractivity contribution is 0.0398. The van der Waals surface area contributed by atoms with Crippen LogP contribution in [0.2, 0.25) is 0 Å². The fourth-order valence-electron chi connectivity index (χ4n) is 4.73. The number of hydrogen-bond donors (Lipinski definition) is 2. The van der Waals surface area contributed by atoms with Crippen LogP contribution in [-0.4, -0.2) is 146 Å². The first-order chi connectivity index (χ1) is 15.7. The van der Waals surface area contributed by atoms with Gasteiger partial charge < -0.3 is 10.2 Å². The summed E-state index contributed by atoms with van der Waals surface area (Å²) in [6, 6.07) is 6.82. The minimum Gasteiger partial charge on any atom is -0.478 e. The van der Waals surface area contributed by atoms with Crippen molar-refractivity contribution in [1.29, 1.82) is 0 Å². The molecule has 3 rings (SSSR count). The van der Waals surface area contributed by atoms with E-state index in [-0.39, 0.29) is 11.1 Å². The SMILES string of the molecule is CC1CN(C)C(N(C)C)N1C.CC1CN(C)C(N(C)C)N1C.O=C(O)c1ccccc1C(=O)O. The zero-order valence-corrected chi connectivity index (χ0v) is 22.4. The van der Waals surface area contributed by atoms with Crippen LogP contribution in [0.3, 0.4) is 0 Å². The largest absolute Gasteiger partial charge is 0.478 e. The molecule has 0 aromatic heterocycles. The molecule has 2 fully saturated rings. The molecule has 0 saturated carbocycles. The molecular formula is C24H44N6O4. The highest BCUT2D eigenvalue weighted by Crippen LogP contribution is 2.18. The number of nitrogens with zero attached hydrogens (tertiary/aromatic N) is 6. The van der Waals surface area contributed by atoms with E-state index in [1.807, 2.05) is 0 Å². The number of carbonyl (C=O) groups is 2. The van der Waals surface area contributed by atoms with Gasteiger partial charge in [0.1, 0.15) is 12.6 Å². The van der Waals surface area contributed by atoms with Gasteiger partial charge in [0.25, 0.3) is 0 Å². The highest BCUT2D eigenvalue weighted by molar-refractivity contribution is 6.01. The molecule has 10 nitrogen and oxygen atoms in total. The van der Waals surface area contributed by atoms with E-state index >= 15 is 0 Å². The van der Waals surface area contributed by atoms with E-state index in [4.69, 9.17) is 10.2 Å². The lowest BCUT2D eigenvalue weighted by Crippen LogP contribution is -2.46. The van der Waals surface area contributed by atoms with Gasteiger partial charge >= 0.3 is 11.9 Å². The third-order valence-corrected chi connectivity index (χ3v) is 6.32. The molecule has 2 heterocycles. The summed E-state index contributed by atoms with van der Waals surface area (Å²) in [5, 5.41) is 17.1. The van der Waals surface area contributed by atoms with Gasteiger partial charge in [0.05, 0.1) is 11.1 Å². The molecule has 0 radical (unpaired) electrons. The summed E-state index contributed by atoms with van der Waals surface area (Å²) in [5.41, 5.74) is -0.380. The number of aromatic carboxylic acids is 2. The van der Waals surface area contributed by atoms with E-state index in [0.29, 0.717) is 24.7 Å². The summed E-state index contributed by atoms with van der Waals surface area (Å²) >= 11 is 0. The first kappa shape index (κ1) is 30.0. The maximum absolute atomic E-state index is 10.5. The van der Waals surface area contributed by atoms with Gasteiger partial charge in [-0.2, -0.15) is 0 Å². The number of hydrogen-bond acceptors (Lipinski definition) is 8. The van der Waals surface area contributed by atoms with Crippen molar-refractivity contribution in [2.45, 2.75) is 38.5 Å². The second-order valence-corrected chi connectivity index (χ2v) is 9.68. The van der Waals surface area contributed by atoms with Crippen molar-refractivity contribution in [2.75, 3.05) is 69.5 Å². The number of carboxylic acids is 2. The highest BCUT2D eigenvalue weighted by Gasteiger charge is 2.33. The number of carboxylic acid groups (broad SMARTS) is 2. The zero-order chi connectivity index (χ0) is 26.3. The number of rotatable bonds is 4. The zero-order valence-electron chi connectivity index (χ0n) is 22.4. The van der Waals surface area contributed by atoms with Crippen molar-refractivity contribution < 1.29 is 19.8 Å². The standard InChI is InChI=1S/2C8H19N3.C8H6O4/c2*1-7-6-10(4)8(9(2)3)11(7)5;9-7(10)5-3-1-2-4-6(5)8(11)12/h2*7-8H,6H2,1-5H3;1-4H,(H,9,10)(H,11,12). The molecule has 2 saturated heterocycles. The molecule has 1 aromatic rings. The molecule has 2 aliphatic heterocycles. The van der Waals surface area contributed by atoms with Crippen LogP contribution in [0.25, 0.3) is 0 Å². The van der Waals surface area contributed by atoms with E-state index < -0.39 is 11.9 Å². The van der Waals surface area contributed by atoms with Crippen LogP contribution >= 0.6 is 0 Å². The second-order valence-electron chi connectivity index (χ2n) is 9.68. The minimum atomic E-state index is -1.23. The lowest BCUT2D eigenvalue weighted by Gasteiger charge is -2.31. The smallest absolute Gasteiger partial charge is 0.336 e. The molecule has 0 amide bonds. The molecule has 2 aliphatic rings. The Morgan fingerprint density at radius 2 is 1.03 bits per heavy atom. The van der Waals surface area contributed by atoms with Crippen molar-refractivity contribution in [2.24, 2.45) is 0 Å². The lowest BCUT2D eigenvalue weighted by atomic mass is 10.1. The van der Waals surface area contributed by atoms with Crippen LogP contribution in [0.15, 0.2) is 24.3 Å². The molecule has 2 N–H and O–H groups in total. The third-order valence-electron chi connectivity index (χ3n) is 6.32. The Hall–Kier alpha value is -2.08. The second kappa shape index (κ2) is 13.1. The summed E-state index contributed by atoms with van der Waals surface area (Å²) < 4.78 is 0. The van der Waals surface area contributed by atoms with Crippen LogP contribution < -0.4 is 0 Å². The number of benzene rings is 1. The molecule has 4 unspecified atom stereocenters. The van der Waals surface area contributed by atoms with Crippen molar-refractivity contribution in [3.8, 4) is 0 Å². The van der Waals surface area contributed by atoms with E-state index in [0.717, 1.165) is 0 Å². The van der Waals surface area contributed by atoms with Crippen LogP contribution in [-0.2, 0) is 0 Å². The van der Waals surface area contributed by atoms with Crippen LogP contribution in [0.5, 0.6) is 0 Å². The first-order valence-corrected chi connectivity index (χ1v) is 11.4. The Bertz CT molecular complexity index is 740. The van der Waals surface area contributed by atoms with Crippen molar-refractivity contribution in [3.63, 3.8) is 0 Å². The Labute approximate surface area is 204 Å². The first-order valence-electron chi connectivity index (χ1n) is 11.4. The molecular weight excluding hydrogens is 436 g/mol. The Morgan fingerprint density at radius 3 is 1.18 bits per heavy atom. The van der Waals surface area contributed by atoms with Gasteiger partial charge in [-0.15, -0.1) is 0 Å². The van der Waals surface area contributed by atoms with E-state index in [1.54, 1.807) is 0 Å². The average molecular weight is 481 g/mol. The maximum Gasteiger partial charge on any atom is 0.336 e. The summed E-state index contributed by atoms with van der Waals surface area (Å²) in [5.74, 6) is -2.46. The molecule has 0 bridgehead atoms. The topological polar surface area (TPSA) is 94.0 Å². The van der Waals surface area contributed by atoms with E-state index in [1.165, 1.54) is 37.4 Å². The molecule has 34 heavy (non-hydrogen) atoms. The van der Waals surface area contributed by atoms with Crippen LogP contribution in [0.1, 0.15) is 34.6 Å². The maximum atomic E-state index is 10.5. The van der Waals surface area contributed by atoms with E-state index in [9.17, 15) is 9.59 Å². The quantitative estimate of drug-likeness (QED) is 0.656. The molecule has 194 valence electrons. The molecule has 10 heteroatoms. The van der Waals surface area contributed by atoms with Gasteiger partial charge in [0.2, 0.25) is 0 Å². The van der Waals surface area contributed by atoms with Crippen LogP contribution in [0, 0.1) is 0 Å². The summed E-state index contributed by atoms with van der Waals surface area (Å²) in [4.78, 5) is 34.9. The molecule has 1 aromatic carbocycles. The van der Waals surface area contributed by atoms with Crippen LogP contribution in [0.4, 0.5) is 0 Å². The molecule has 4 atom stereocenters. The Kier molecular flexibility index (Phi) is 11.6. The summed E-state index contributed by atoms with van der Waals surface area (Å²) in [6.45, 7) is 6.86. The average Bonchev–Trinajstić information content (AvgIpc) is 3.14. The summed E-state index contributed by atoms with van der Waals surface area (Å²) in [7, 11) is 17.2. The highest BCUT2D eigenvalue weighted by atomic mass is 16.4. The molecule has 0 aliphatic carbocycles. The third kappa shape index (κ3) is 7.72. The van der Waals surface area contributed by atoms with Crippen molar-refractivity contribution >= 4 is 11.9 Å². The Balaban J connectivity index is 0.000000255. The van der Waals surface area contributed by atoms with Gasteiger partial charge in [-0.1, -0.05) is 12.1 Å². The minimum absolute atomic E-state index is 0.190. The fraction of sp³-hybridized carbons (Fsp3) is 0.667. The van der Waals surface area contributed by atoms with Crippen molar-refractivity contribution in [1.82, 2.24) is 29.4 Å². The predicted octanol–water partition coefficient (Wildman–Crippen LogP) is 1.28. The Morgan fingerprint density at radius 1 is 0.735 bits per heavy atom. The van der Waals surface area contributed by atoms with Crippen molar-refractivity contribution in [3.05, 3.63) is 35.4 Å². The normalized spacial score (nSPS) is 26.2. The van der Waals surface area contributed by atoms with Gasteiger partial charge in [0, 0.05) is 25.2 Å². The van der Waals surface area contributed by atoms with Gasteiger partial charge in [-0.25, -0.2) is 9.59 Å².